The van der Waals surface area contributed by atoms with E-state index in [4.69, 9.17) is 5.73 Å². The number of carboxylic acids is 1. The molecule has 1 aromatic carbocycles. The van der Waals surface area contributed by atoms with E-state index in [1.807, 2.05) is 0 Å². The molecule has 0 aliphatic heterocycles. The van der Waals surface area contributed by atoms with E-state index in [1.54, 1.807) is 0 Å². The monoisotopic (exact) mass is 391 g/mol. The number of nitrogens with two attached hydrogens (primary N) is 1. The number of carbonyl (C=O) groups excluding carboxylic acids is 1. The molecule has 2 saturated carbocycles. The molecule has 4 rings (SSSR count). The molecule has 28 heavy (non-hydrogen) atoms. The van der Waals surface area contributed by atoms with Gasteiger partial charge in [0.25, 0.3) is 0 Å². The molecule has 148 valence electrons. The van der Waals surface area contributed by atoms with Gasteiger partial charge in [0.05, 0.1) is 17.2 Å². The zero-order valence-corrected chi connectivity index (χ0v) is 14.8. The van der Waals surface area contributed by atoms with Crippen LogP contribution < -0.4 is 16.5 Å². The number of aldehydes is 1. The molecule has 2 fully saturated rings. The van der Waals surface area contributed by atoms with Crippen LogP contribution in [0.15, 0.2) is 23.1 Å². The molecule has 4 N–H and O–H groups in total. The van der Waals surface area contributed by atoms with Gasteiger partial charge in [0, 0.05) is 36.0 Å². The van der Waals surface area contributed by atoms with E-state index in [-0.39, 0.29) is 29.6 Å². The number of halogens is 2. The van der Waals surface area contributed by atoms with Crippen molar-refractivity contribution >= 4 is 28.8 Å². The first kappa shape index (κ1) is 18.5. The normalized spacial score (nSPS) is 23.2. The average Bonchev–Trinajstić information content (AvgIpc) is 3.57. The van der Waals surface area contributed by atoms with Crippen molar-refractivity contribution in [3.63, 3.8) is 0 Å². The van der Waals surface area contributed by atoms with E-state index < -0.39 is 46.4 Å². The van der Waals surface area contributed by atoms with Gasteiger partial charge in [0.2, 0.25) is 5.43 Å². The molecule has 0 bridgehead atoms. The third-order valence-electron chi connectivity index (χ3n) is 5.70. The summed E-state index contributed by atoms with van der Waals surface area (Å²) in [5.74, 6) is -2.21. The predicted octanol–water partition coefficient (Wildman–Crippen LogP) is 1.84. The minimum atomic E-state index is -1.45. The van der Waals surface area contributed by atoms with Crippen LogP contribution in [0.25, 0.3) is 10.9 Å². The van der Waals surface area contributed by atoms with Crippen molar-refractivity contribution in [3.05, 3.63) is 39.9 Å². The van der Waals surface area contributed by atoms with Crippen molar-refractivity contribution in [2.45, 2.75) is 37.5 Å². The van der Waals surface area contributed by atoms with E-state index in [1.165, 1.54) is 10.6 Å². The van der Waals surface area contributed by atoms with Crippen molar-refractivity contribution in [2.24, 2.45) is 11.1 Å². The standard InChI is InChI=1S/C19H19F2N3O4/c20-11-3-9-14(5-13(11)23-6-16(22)19(8-25)1-2-19)24(15-4-12(15)21)7-10(17(9)26)18(27)28/h3,5,7-8,12,15-16,23H,1-2,4,6,22H2,(H,27,28)/t12-,15+,16?/m1/s1. The highest BCUT2D eigenvalue weighted by Crippen LogP contribution is 2.46. The Balaban J connectivity index is 1.74. The lowest BCUT2D eigenvalue weighted by Gasteiger charge is -2.20. The number of carboxylic acid groups (broad SMARTS) is 1. The largest absolute Gasteiger partial charge is 0.477 e. The second-order valence-electron chi connectivity index (χ2n) is 7.59. The number of anilines is 1. The minimum absolute atomic E-state index is 0.0527. The van der Waals surface area contributed by atoms with Gasteiger partial charge in [-0.2, -0.15) is 0 Å². The summed E-state index contributed by atoms with van der Waals surface area (Å²) in [6.07, 6.45) is 2.37. The summed E-state index contributed by atoms with van der Waals surface area (Å²) < 4.78 is 29.6. The van der Waals surface area contributed by atoms with Gasteiger partial charge in [0.1, 0.15) is 23.8 Å². The number of hydrogen-bond donors (Lipinski definition) is 3. The summed E-state index contributed by atoms with van der Waals surface area (Å²) in [7, 11) is 0. The molecule has 7 nitrogen and oxygen atoms in total. The molecule has 1 unspecified atom stereocenters. The third kappa shape index (κ3) is 2.95. The van der Waals surface area contributed by atoms with Crippen LogP contribution in [0.2, 0.25) is 0 Å². The Bertz CT molecular complexity index is 1050. The summed E-state index contributed by atoms with van der Waals surface area (Å²) in [4.78, 5) is 34.9. The van der Waals surface area contributed by atoms with E-state index in [0.717, 1.165) is 18.5 Å². The van der Waals surface area contributed by atoms with Gasteiger partial charge in [-0.3, -0.25) is 4.79 Å². The van der Waals surface area contributed by atoms with E-state index in [2.05, 4.69) is 5.32 Å². The first-order chi connectivity index (χ1) is 13.3. The Labute approximate surface area is 158 Å². The van der Waals surface area contributed by atoms with Crippen LogP contribution in [-0.2, 0) is 4.79 Å². The van der Waals surface area contributed by atoms with Crippen molar-refractivity contribution in [1.29, 1.82) is 0 Å². The molecule has 0 saturated heterocycles. The molecule has 9 heteroatoms. The lowest BCUT2D eigenvalue weighted by Crippen LogP contribution is -2.39. The Morgan fingerprint density at radius 1 is 1.46 bits per heavy atom. The van der Waals surface area contributed by atoms with Crippen molar-refractivity contribution in [2.75, 3.05) is 11.9 Å². The molecular weight excluding hydrogens is 372 g/mol. The zero-order chi connectivity index (χ0) is 20.2. The van der Waals surface area contributed by atoms with Gasteiger partial charge in [-0.15, -0.1) is 0 Å². The summed E-state index contributed by atoms with van der Waals surface area (Å²) in [6, 6.07) is 1.23. The molecular formula is C19H19F2N3O4. The number of hydrogen-bond acceptors (Lipinski definition) is 5. The third-order valence-corrected chi connectivity index (χ3v) is 5.70. The number of rotatable bonds is 7. The molecule has 1 heterocycles. The van der Waals surface area contributed by atoms with Crippen LogP contribution in [0.4, 0.5) is 14.5 Å². The Kier molecular flexibility index (Phi) is 4.22. The van der Waals surface area contributed by atoms with Crippen LogP contribution in [0, 0.1) is 11.2 Å². The van der Waals surface area contributed by atoms with Crippen LogP contribution in [-0.4, -0.2) is 40.7 Å². The summed E-state index contributed by atoms with van der Waals surface area (Å²) >= 11 is 0. The summed E-state index contributed by atoms with van der Waals surface area (Å²) in [5, 5.41) is 12.0. The van der Waals surface area contributed by atoms with Gasteiger partial charge >= 0.3 is 5.97 Å². The number of aromatic carboxylic acids is 1. The van der Waals surface area contributed by atoms with Crippen molar-refractivity contribution < 1.29 is 23.5 Å². The van der Waals surface area contributed by atoms with Gasteiger partial charge in [-0.1, -0.05) is 0 Å². The van der Waals surface area contributed by atoms with Gasteiger partial charge in [-0.05, 0) is 25.0 Å². The SMILES string of the molecule is NC(CNc1cc2c(cc1F)c(=O)c(C(=O)O)cn2[C@H]1C[C@H]1F)C1(C=O)CC1. The fourth-order valence-corrected chi connectivity index (χ4v) is 3.52. The number of pyridine rings is 1. The number of nitrogens with one attached hydrogen (secondary N) is 1. The molecule has 2 aliphatic carbocycles. The highest BCUT2D eigenvalue weighted by molar-refractivity contribution is 5.93. The molecule has 1 aromatic heterocycles. The minimum Gasteiger partial charge on any atom is -0.477 e. The van der Waals surface area contributed by atoms with Crippen molar-refractivity contribution in [3.8, 4) is 0 Å². The van der Waals surface area contributed by atoms with E-state index >= 15 is 0 Å². The number of alkyl halides is 1. The van der Waals surface area contributed by atoms with Crippen LogP contribution >= 0.6 is 0 Å². The molecule has 3 atom stereocenters. The quantitative estimate of drug-likeness (QED) is 0.621. The maximum atomic E-state index is 14.6. The molecule has 0 amide bonds. The van der Waals surface area contributed by atoms with Crippen LogP contribution in [0.5, 0.6) is 0 Å². The topological polar surface area (TPSA) is 114 Å². The second kappa shape index (κ2) is 6.37. The number of aromatic nitrogens is 1. The van der Waals surface area contributed by atoms with Crippen molar-refractivity contribution in [1.82, 2.24) is 4.57 Å². The summed E-state index contributed by atoms with van der Waals surface area (Å²) in [6.45, 7) is 0.147. The Morgan fingerprint density at radius 3 is 2.68 bits per heavy atom. The zero-order valence-electron chi connectivity index (χ0n) is 14.8. The van der Waals surface area contributed by atoms with Crippen LogP contribution in [0.3, 0.4) is 0 Å². The van der Waals surface area contributed by atoms with Gasteiger partial charge in [0.15, 0.2) is 0 Å². The highest BCUT2D eigenvalue weighted by Gasteiger charge is 2.47. The van der Waals surface area contributed by atoms with E-state index in [0.29, 0.717) is 12.8 Å². The maximum absolute atomic E-state index is 14.6. The summed E-state index contributed by atoms with van der Waals surface area (Å²) in [5.41, 5.74) is 4.40. The Hall–Kier alpha value is -2.81. The highest BCUT2D eigenvalue weighted by atomic mass is 19.1. The van der Waals surface area contributed by atoms with Gasteiger partial charge in [-0.25, -0.2) is 13.6 Å². The number of benzene rings is 1. The molecule has 2 aliphatic rings. The second-order valence-corrected chi connectivity index (χ2v) is 7.59. The smallest absolute Gasteiger partial charge is 0.341 e. The lowest BCUT2D eigenvalue weighted by molar-refractivity contribution is -0.112. The molecule has 2 aromatic rings. The lowest BCUT2D eigenvalue weighted by atomic mass is 9.99. The number of nitrogens with zero attached hydrogens (tertiary/aromatic N) is 1. The first-order valence-electron chi connectivity index (χ1n) is 8.99. The van der Waals surface area contributed by atoms with Crippen LogP contribution in [0.1, 0.15) is 35.7 Å². The van der Waals surface area contributed by atoms with Gasteiger partial charge < -0.3 is 25.5 Å². The maximum Gasteiger partial charge on any atom is 0.341 e. The predicted molar refractivity (Wildman–Crippen MR) is 97.9 cm³/mol. The molecule has 0 spiro atoms. The first-order valence-corrected chi connectivity index (χ1v) is 8.99. The fourth-order valence-electron chi connectivity index (χ4n) is 3.52. The Morgan fingerprint density at radius 2 is 2.14 bits per heavy atom. The number of carbonyl (C=O) groups is 2. The number of fused-ring (bicyclic) bond motifs is 1. The van der Waals surface area contributed by atoms with E-state index in [9.17, 15) is 28.3 Å². The molecule has 0 radical (unpaired) electrons. The fraction of sp³-hybridized carbons (Fsp3) is 0.421. The average molecular weight is 391 g/mol.